The monoisotopic (exact) mass is 402 g/mol. The molecular formula is C22H27ClN2O3. The molecule has 1 saturated heterocycles. The summed E-state index contributed by atoms with van der Waals surface area (Å²) in [5.41, 5.74) is 7.36. The molecule has 1 fully saturated rings. The summed E-state index contributed by atoms with van der Waals surface area (Å²) in [4.78, 5) is 14.0. The number of hydrogen-bond donors (Lipinski definition) is 2. The lowest BCUT2D eigenvalue weighted by atomic mass is 9.99. The van der Waals surface area contributed by atoms with E-state index in [-0.39, 0.29) is 6.61 Å². The number of rotatable bonds is 7. The molecule has 3 N–H and O–H groups in total. The highest BCUT2D eigenvalue weighted by molar-refractivity contribution is 6.31. The smallest absolute Gasteiger partial charge is 0.249 e. The molecule has 0 aromatic heterocycles. The molecule has 0 spiro atoms. The third-order valence-electron chi connectivity index (χ3n) is 4.98. The van der Waals surface area contributed by atoms with Gasteiger partial charge in [-0.3, -0.25) is 4.79 Å². The first-order chi connectivity index (χ1) is 13.5. The van der Waals surface area contributed by atoms with Gasteiger partial charge in [0.05, 0.1) is 0 Å². The van der Waals surface area contributed by atoms with Crippen molar-refractivity contribution in [2.24, 2.45) is 5.73 Å². The molecule has 1 atom stereocenters. The van der Waals surface area contributed by atoms with Gasteiger partial charge in [-0.1, -0.05) is 42.6 Å². The molecule has 2 aromatic rings. The number of ether oxygens (including phenoxy) is 1. The van der Waals surface area contributed by atoms with Crippen LogP contribution in [0.4, 0.5) is 0 Å². The number of β-amino-alcohol motifs (C(OH)–C–C–N with tert-alkyl or cyclic N) is 1. The second-order valence-electron chi connectivity index (χ2n) is 7.27. The summed E-state index contributed by atoms with van der Waals surface area (Å²) >= 11 is 6.25. The van der Waals surface area contributed by atoms with E-state index < -0.39 is 12.0 Å². The average Bonchev–Trinajstić information content (AvgIpc) is 2.94. The summed E-state index contributed by atoms with van der Waals surface area (Å²) in [6.45, 7) is 2.86. The largest absolute Gasteiger partial charge is 0.491 e. The zero-order chi connectivity index (χ0) is 19.9. The maximum Gasteiger partial charge on any atom is 0.249 e. The van der Waals surface area contributed by atoms with E-state index in [1.54, 1.807) is 24.3 Å². The molecule has 150 valence electrons. The average molecular weight is 403 g/mol. The van der Waals surface area contributed by atoms with Crippen LogP contribution in [-0.4, -0.2) is 48.3 Å². The lowest BCUT2D eigenvalue weighted by Crippen LogP contribution is -2.36. The minimum absolute atomic E-state index is 0.188. The zero-order valence-electron chi connectivity index (χ0n) is 15.9. The van der Waals surface area contributed by atoms with Crippen molar-refractivity contribution in [1.29, 1.82) is 0 Å². The van der Waals surface area contributed by atoms with E-state index in [1.807, 2.05) is 18.2 Å². The van der Waals surface area contributed by atoms with Gasteiger partial charge in [-0.25, -0.2) is 0 Å². The van der Waals surface area contributed by atoms with E-state index in [1.165, 1.54) is 25.7 Å². The Morgan fingerprint density at radius 3 is 2.57 bits per heavy atom. The highest BCUT2D eigenvalue weighted by Crippen LogP contribution is 2.30. The van der Waals surface area contributed by atoms with Crippen LogP contribution in [0.25, 0.3) is 11.1 Å². The van der Waals surface area contributed by atoms with Gasteiger partial charge in [0, 0.05) is 17.1 Å². The number of carbonyl (C=O) groups is 1. The Morgan fingerprint density at radius 2 is 1.86 bits per heavy atom. The van der Waals surface area contributed by atoms with Gasteiger partial charge in [-0.05, 0) is 61.3 Å². The molecule has 2 aromatic carbocycles. The van der Waals surface area contributed by atoms with Gasteiger partial charge in [0.25, 0.3) is 0 Å². The van der Waals surface area contributed by atoms with Crippen molar-refractivity contribution in [3.63, 3.8) is 0 Å². The van der Waals surface area contributed by atoms with Gasteiger partial charge in [-0.2, -0.15) is 0 Å². The molecule has 1 amide bonds. The quantitative estimate of drug-likeness (QED) is 0.740. The molecule has 28 heavy (non-hydrogen) atoms. The molecule has 1 aliphatic heterocycles. The summed E-state index contributed by atoms with van der Waals surface area (Å²) in [7, 11) is 0. The lowest BCUT2D eigenvalue weighted by molar-refractivity contribution is 0.0694. The van der Waals surface area contributed by atoms with Crippen LogP contribution < -0.4 is 10.5 Å². The van der Waals surface area contributed by atoms with Crippen molar-refractivity contribution >= 4 is 17.5 Å². The molecule has 6 heteroatoms. The number of hydrogen-bond acceptors (Lipinski definition) is 4. The van der Waals surface area contributed by atoms with Gasteiger partial charge < -0.3 is 20.5 Å². The van der Waals surface area contributed by atoms with E-state index in [9.17, 15) is 9.90 Å². The van der Waals surface area contributed by atoms with Gasteiger partial charge in [0.1, 0.15) is 18.5 Å². The fourth-order valence-electron chi connectivity index (χ4n) is 3.61. The van der Waals surface area contributed by atoms with Gasteiger partial charge in [-0.15, -0.1) is 0 Å². The third kappa shape index (κ3) is 5.71. The summed E-state index contributed by atoms with van der Waals surface area (Å²) in [5, 5.41) is 10.9. The lowest BCUT2D eigenvalue weighted by Gasteiger charge is -2.23. The van der Waals surface area contributed by atoms with Crippen molar-refractivity contribution in [2.45, 2.75) is 31.8 Å². The molecule has 1 heterocycles. The third-order valence-corrected chi connectivity index (χ3v) is 5.20. The number of amides is 1. The van der Waals surface area contributed by atoms with Crippen LogP contribution >= 0.6 is 11.6 Å². The van der Waals surface area contributed by atoms with Crippen molar-refractivity contribution in [3.05, 3.63) is 53.1 Å². The minimum atomic E-state index is -0.571. The van der Waals surface area contributed by atoms with Gasteiger partial charge >= 0.3 is 0 Å². The maximum absolute atomic E-state index is 11.7. The molecule has 0 aliphatic carbocycles. The predicted molar refractivity (Wildman–Crippen MR) is 112 cm³/mol. The minimum Gasteiger partial charge on any atom is -0.491 e. The Morgan fingerprint density at radius 1 is 1.14 bits per heavy atom. The number of primary amides is 1. The Bertz CT molecular complexity index is 804. The SMILES string of the molecule is NC(=O)c1ccccc1-c1cc(Cl)cc(OCC(O)CN2CCCCCC2)c1. The topological polar surface area (TPSA) is 75.8 Å². The number of aliphatic hydroxyl groups is 1. The van der Waals surface area contributed by atoms with Crippen molar-refractivity contribution < 1.29 is 14.6 Å². The number of likely N-dealkylation sites (tertiary alicyclic amines) is 1. The zero-order valence-corrected chi connectivity index (χ0v) is 16.7. The molecule has 1 unspecified atom stereocenters. The number of benzene rings is 2. The normalized spacial score (nSPS) is 16.4. The molecule has 0 radical (unpaired) electrons. The van der Waals surface area contributed by atoms with Crippen LogP contribution in [0.2, 0.25) is 5.02 Å². The summed E-state index contributed by atoms with van der Waals surface area (Å²) in [5.74, 6) is 0.0580. The van der Waals surface area contributed by atoms with Crippen LogP contribution in [0, 0.1) is 0 Å². The van der Waals surface area contributed by atoms with E-state index >= 15 is 0 Å². The van der Waals surface area contributed by atoms with E-state index in [0.717, 1.165) is 18.7 Å². The number of halogens is 1. The van der Waals surface area contributed by atoms with E-state index in [2.05, 4.69) is 4.90 Å². The van der Waals surface area contributed by atoms with Crippen LogP contribution in [0.1, 0.15) is 36.0 Å². The standard InChI is InChI=1S/C22H27ClN2O3/c23-17-11-16(20-7-3-4-8-21(20)22(24)27)12-19(13-17)28-15-18(26)14-25-9-5-1-2-6-10-25/h3-4,7-8,11-13,18,26H,1-2,5-6,9-10,14-15H2,(H2,24,27). The van der Waals surface area contributed by atoms with Crippen molar-refractivity contribution in [3.8, 4) is 16.9 Å². The molecule has 1 aliphatic rings. The summed E-state index contributed by atoms with van der Waals surface area (Å²) in [6, 6.07) is 12.4. The van der Waals surface area contributed by atoms with Gasteiger partial charge in [0.2, 0.25) is 5.91 Å². The first kappa shape index (κ1) is 20.6. The van der Waals surface area contributed by atoms with Crippen LogP contribution in [0.3, 0.4) is 0 Å². The fourth-order valence-corrected chi connectivity index (χ4v) is 3.84. The summed E-state index contributed by atoms with van der Waals surface area (Å²) < 4.78 is 5.81. The van der Waals surface area contributed by atoms with Crippen molar-refractivity contribution in [2.75, 3.05) is 26.2 Å². The van der Waals surface area contributed by atoms with Crippen LogP contribution in [-0.2, 0) is 0 Å². The predicted octanol–water partition coefficient (Wildman–Crippen LogP) is 3.72. The Kier molecular flexibility index (Phi) is 7.31. The van der Waals surface area contributed by atoms with Crippen LogP contribution in [0.5, 0.6) is 5.75 Å². The van der Waals surface area contributed by atoms with Crippen LogP contribution in [0.15, 0.2) is 42.5 Å². The first-order valence-corrected chi connectivity index (χ1v) is 10.1. The highest BCUT2D eigenvalue weighted by Gasteiger charge is 2.15. The molecule has 3 rings (SSSR count). The summed E-state index contributed by atoms with van der Waals surface area (Å²) in [6.07, 6.45) is 4.33. The molecule has 0 saturated carbocycles. The number of carbonyl (C=O) groups excluding carboxylic acids is 1. The Balaban J connectivity index is 1.67. The molecule has 5 nitrogen and oxygen atoms in total. The Labute approximate surface area is 171 Å². The van der Waals surface area contributed by atoms with Crippen molar-refractivity contribution in [1.82, 2.24) is 4.90 Å². The number of nitrogens with zero attached hydrogens (tertiary/aromatic N) is 1. The Hall–Kier alpha value is -2.08. The highest BCUT2D eigenvalue weighted by atomic mass is 35.5. The molecular weight excluding hydrogens is 376 g/mol. The fraction of sp³-hybridized carbons (Fsp3) is 0.409. The van der Waals surface area contributed by atoms with E-state index in [4.69, 9.17) is 22.1 Å². The molecule has 0 bridgehead atoms. The second-order valence-corrected chi connectivity index (χ2v) is 7.70. The second kappa shape index (κ2) is 9.92. The first-order valence-electron chi connectivity index (χ1n) is 9.76. The maximum atomic E-state index is 11.7. The van der Waals surface area contributed by atoms with E-state index in [0.29, 0.717) is 28.4 Å². The number of aliphatic hydroxyl groups excluding tert-OH is 1. The van der Waals surface area contributed by atoms with Gasteiger partial charge in [0.15, 0.2) is 0 Å². The number of nitrogens with two attached hydrogens (primary N) is 1.